The van der Waals surface area contributed by atoms with Crippen LogP contribution in [0.3, 0.4) is 0 Å². The minimum Gasteiger partial charge on any atom is -0.278 e. The lowest BCUT2D eigenvalue weighted by Gasteiger charge is -2.22. The number of aromatic nitrogens is 3. The highest BCUT2D eigenvalue weighted by molar-refractivity contribution is 7.25. The van der Waals surface area contributed by atoms with Gasteiger partial charge >= 0.3 is 0 Å². The third-order valence-corrected chi connectivity index (χ3v) is 13.1. The molecule has 0 radical (unpaired) electrons. The molecule has 12 rings (SSSR count). The number of hydrogen-bond acceptors (Lipinski definition) is 3. The molecule has 0 fully saturated rings. The van der Waals surface area contributed by atoms with Crippen molar-refractivity contribution in [1.29, 1.82) is 0 Å². The second-order valence-corrected chi connectivity index (χ2v) is 16.4. The summed E-state index contributed by atoms with van der Waals surface area (Å²) in [6.45, 7) is 4.70. The molecule has 0 unspecified atom stereocenters. The fraction of sp³-hybridized carbons (Fsp3) is 0.0588. The molecule has 258 valence electrons. The predicted molar refractivity (Wildman–Crippen MR) is 233 cm³/mol. The average molecular weight is 720 g/mol. The van der Waals surface area contributed by atoms with E-state index in [0.717, 1.165) is 32.5 Å². The normalized spacial score (nSPS) is 13.4. The number of fused-ring (bicyclic) bond motifs is 13. The minimum absolute atomic E-state index is 0.132. The second-order valence-electron chi connectivity index (χ2n) is 15.4. The summed E-state index contributed by atoms with van der Waals surface area (Å²) in [5.74, 6) is 0.686. The lowest BCUT2D eigenvalue weighted by molar-refractivity contribution is 0.660. The average Bonchev–Trinajstić information content (AvgIpc) is 3.86. The van der Waals surface area contributed by atoms with Gasteiger partial charge in [-0.1, -0.05) is 153 Å². The van der Waals surface area contributed by atoms with Gasteiger partial charge in [0.05, 0.1) is 16.7 Å². The molecule has 1 aliphatic rings. The van der Waals surface area contributed by atoms with E-state index >= 15 is 0 Å². The Balaban J connectivity index is 1.19. The van der Waals surface area contributed by atoms with Crippen LogP contribution in [0.15, 0.2) is 164 Å². The molecule has 11 aromatic rings. The van der Waals surface area contributed by atoms with E-state index in [-0.39, 0.29) is 5.41 Å². The number of nitrogens with zero attached hydrogens (tertiary/aromatic N) is 3. The van der Waals surface area contributed by atoms with Crippen molar-refractivity contribution in [3.8, 4) is 39.5 Å². The molecule has 55 heavy (non-hydrogen) atoms. The van der Waals surface area contributed by atoms with Crippen molar-refractivity contribution < 1.29 is 0 Å². The third-order valence-electron chi connectivity index (χ3n) is 12.0. The maximum absolute atomic E-state index is 5.66. The van der Waals surface area contributed by atoms with E-state index in [2.05, 4.69) is 182 Å². The molecule has 1 aliphatic carbocycles. The quantitative estimate of drug-likeness (QED) is 0.182. The van der Waals surface area contributed by atoms with E-state index in [1.165, 1.54) is 75.8 Å². The molecule has 0 N–H and O–H groups in total. The summed E-state index contributed by atoms with van der Waals surface area (Å²) >= 11 is 1.76. The van der Waals surface area contributed by atoms with Crippen LogP contribution in [0.1, 0.15) is 25.0 Å². The Hall–Kier alpha value is -6.62. The van der Waals surface area contributed by atoms with Crippen LogP contribution in [0.5, 0.6) is 0 Å². The van der Waals surface area contributed by atoms with Crippen molar-refractivity contribution in [2.75, 3.05) is 0 Å². The number of rotatable bonds is 3. The number of hydrogen-bond donors (Lipinski definition) is 0. The van der Waals surface area contributed by atoms with Crippen LogP contribution in [0.25, 0.3) is 103 Å². The molecule has 0 amide bonds. The van der Waals surface area contributed by atoms with Gasteiger partial charge in [-0.25, -0.2) is 9.97 Å². The van der Waals surface area contributed by atoms with Gasteiger partial charge in [0, 0.05) is 37.2 Å². The van der Waals surface area contributed by atoms with Gasteiger partial charge < -0.3 is 0 Å². The van der Waals surface area contributed by atoms with Crippen molar-refractivity contribution in [2.24, 2.45) is 0 Å². The monoisotopic (exact) mass is 719 g/mol. The van der Waals surface area contributed by atoms with E-state index in [0.29, 0.717) is 5.95 Å². The SMILES string of the molecule is CC1(C)c2ccccc2-c2ccc(-c3nc(-n4c5ccc6ccccc6c5c5c6ccccc6ccc54)nc4sc5cc(-c6ccccc6)ccc5c34)cc21. The van der Waals surface area contributed by atoms with Crippen LogP contribution in [0.2, 0.25) is 0 Å². The van der Waals surface area contributed by atoms with E-state index in [9.17, 15) is 0 Å². The Morgan fingerprint density at radius 3 is 1.85 bits per heavy atom. The molecule has 8 aromatic carbocycles. The van der Waals surface area contributed by atoms with Crippen LogP contribution >= 0.6 is 11.3 Å². The first-order chi connectivity index (χ1) is 27.0. The van der Waals surface area contributed by atoms with Crippen molar-refractivity contribution in [3.05, 3.63) is 175 Å². The number of thiophene rings is 1. The van der Waals surface area contributed by atoms with Gasteiger partial charge in [0.2, 0.25) is 5.95 Å². The van der Waals surface area contributed by atoms with Gasteiger partial charge in [0.15, 0.2) is 0 Å². The number of benzene rings is 8. The van der Waals surface area contributed by atoms with Gasteiger partial charge in [0.1, 0.15) is 4.83 Å². The minimum atomic E-state index is -0.132. The van der Waals surface area contributed by atoms with Crippen molar-refractivity contribution in [2.45, 2.75) is 19.3 Å². The zero-order valence-corrected chi connectivity index (χ0v) is 31.2. The molecule has 0 saturated heterocycles. The van der Waals surface area contributed by atoms with Crippen LogP contribution in [-0.4, -0.2) is 14.5 Å². The Labute approximate surface area is 321 Å². The molecular weight excluding hydrogens is 687 g/mol. The molecule has 0 atom stereocenters. The third kappa shape index (κ3) is 4.31. The van der Waals surface area contributed by atoms with Crippen LogP contribution in [0, 0.1) is 0 Å². The zero-order chi connectivity index (χ0) is 36.4. The summed E-state index contributed by atoms with van der Waals surface area (Å²) in [4.78, 5) is 12.2. The van der Waals surface area contributed by atoms with E-state index in [1.807, 2.05) is 0 Å². The lowest BCUT2D eigenvalue weighted by atomic mass is 9.82. The Morgan fingerprint density at radius 1 is 0.473 bits per heavy atom. The molecule has 0 spiro atoms. The molecular formula is C51H33N3S. The first kappa shape index (κ1) is 30.8. The maximum atomic E-state index is 5.66. The van der Waals surface area contributed by atoms with Gasteiger partial charge in [-0.3, -0.25) is 4.57 Å². The second kappa shape index (κ2) is 11.2. The molecule has 0 saturated carbocycles. The summed E-state index contributed by atoms with van der Waals surface area (Å²) < 4.78 is 3.51. The fourth-order valence-electron chi connectivity index (χ4n) is 9.40. The smallest absolute Gasteiger partial charge is 0.236 e. The first-order valence-electron chi connectivity index (χ1n) is 18.9. The van der Waals surface area contributed by atoms with E-state index in [4.69, 9.17) is 9.97 Å². The topological polar surface area (TPSA) is 30.7 Å². The van der Waals surface area contributed by atoms with Crippen molar-refractivity contribution >= 4 is 75.0 Å². The van der Waals surface area contributed by atoms with E-state index in [1.54, 1.807) is 11.3 Å². The largest absolute Gasteiger partial charge is 0.278 e. The lowest BCUT2D eigenvalue weighted by Crippen LogP contribution is -2.15. The highest BCUT2D eigenvalue weighted by Gasteiger charge is 2.35. The fourth-order valence-corrected chi connectivity index (χ4v) is 10.5. The first-order valence-corrected chi connectivity index (χ1v) is 19.7. The highest BCUT2D eigenvalue weighted by atomic mass is 32.1. The molecule has 3 heterocycles. The summed E-state index contributed by atoms with van der Waals surface area (Å²) in [6, 6.07) is 59.7. The van der Waals surface area contributed by atoms with Crippen molar-refractivity contribution in [3.63, 3.8) is 0 Å². The molecule has 3 aromatic heterocycles. The Kier molecular flexibility index (Phi) is 6.27. The molecule has 4 heteroatoms. The highest BCUT2D eigenvalue weighted by Crippen LogP contribution is 2.50. The van der Waals surface area contributed by atoms with Gasteiger partial charge in [-0.05, 0) is 79.2 Å². The summed E-state index contributed by atoms with van der Waals surface area (Å²) in [6.07, 6.45) is 0. The summed E-state index contributed by atoms with van der Waals surface area (Å²) in [7, 11) is 0. The molecule has 3 nitrogen and oxygen atoms in total. The van der Waals surface area contributed by atoms with Crippen LogP contribution < -0.4 is 0 Å². The van der Waals surface area contributed by atoms with Crippen LogP contribution in [-0.2, 0) is 5.41 Å². The van der Waals surface area contributed by atoms with Gasteiger partial charge in [-0.15, -0.1) is 11.3 Å². The molecule has 0 aliphatic heterocycles. The maximum Gasteiger partial charge on any atom is 0.236 e. The van der Waals surface area contributed by atoms with E-state index < -0.39 is 0 Å². The Morgan fingerprint density at radius 2 is 1.11 bits per heavy atom. The molecule has 0 bridgehead atoms. The predicted octanol–water partition coefficient (Wildman–Crippen LogP) is 13.9. The van der Waals surface area contributed by atoms with Gasteiger partial charge in [0.25, 0.3) is 0 Å². The summed E-state index contributed by atoms with van der Waals surface area (Å²) in [5, 5.41) is 9.66. The zero-order valence-electron chi connectivity index (χ0n) is 30.3. The van der Waals surface area contributed by atoms with Gasteiger partial charge in [-0.2, -0.15) is 0 Å². The standard InChI is InChI=1S/C51H33N3S/c1-51(2)40-19-11-10-18-37(40)38-24-21-34(28-41(38)51)48-47-39-25-20-33(30-12-4-3-5-13-30)29-44(39)55-49(47)53-50(52-48)54-42-26-22-31-14-6-8-16-35(31)45(42)46-36-17-9-7-15-32(36)23-27-43(46)54/h3-29H,1-2H3. The Bertz CT molecular complexity index is 3310. The van der Waals surface area contributed by atoms with Crippen molar-refractivity contribution in [1.82, 2.24) is 14.5 Å². The van der Waals surface area contributed by atoms with Crippen LogP contribution in [0.4, 0.5) is 0 Å². The summed E-state index contributed by atoms with van der Waals surface area (Å²) in [5.41, 5.74) is 11.9.